The first-order valence-electron chi connectivity index (χ1n) is 7.16. The van der Waals surface area contributed by atoms with Gasteiger partial charge in [-0.1, -0.05) is 20.3 Å². The molecule has 1 aliphatic heterocycles. The molecule has 0 spiro atoms. The number of rotatable bonds is 8. The highest BCUT2D eigenvalue weighted by Gasteiger charge is 2.33. The topological polar surface area (TPSA) is 41.6 Å². The van der Waals surface area contributed by atoms with E-state index in [1.54, 1.807) is 0 Å². The van der Waals surface area contributed by atoms with Gasteiger partial charge in [0.05, 0.1) is 5.60 Å². The van der Waals surface area contributed by atoms with Crippen LogP contribution in [0.15, 0.2) is 0 Å². The summed E-state index contributed by atoms with van der Waals surface area (Å²) in [6.07, 6.45) is 3.17. The molecule has 1 aliphatic rings. The molecular formula is C14H28N2O2. The predicted molar refractivity (Wildman–Crippen MR) is 73.6 cm³/mol. The molecule has 18 heavy (non-hydrogen) atoms. The quantitative estimate of drug-likeness (QED) is 0.720. The number of nitrogens with one attached hydrogen (secondary N) is 1. The number of carbonyl (C=O) groups excluding carboxylic acids is 1. The monoisotopic (exact) mass is 256 g/mol. The maximum Gasteiger partial charge on any atom is 0.248 e. The molecule has 0 bridgehead atoms. The summed E-state index contributed by atoms with van der Waals surface area (Å²) in [6, 6.07) is 0.306. The van der Waals surface area contributed by atoms with Crippen LogP contribution in [0.5, 0.6) is 0 Å². The van der Waals surface area contributed by atoms with Crippen LogP contribution in [0.1, 0.15) is 47.0 Å². The fourth-order valence-electron chi connectivity index (χ4n) is 2.04. The lowest BCUT2D eigenvalue weighted by atomic mass is 10.0. The molecule has 1 heterocycles. The van der Waals surface area contributed by atoms with E-state index in [4.69, 9.17) is 4.74 Å². The molecule has 1 rings (SSSR count). The van der Waals surface area contributed by atoms with Crippen molar-refractivity contribution in [1.29, 1.82) is 0 Å². The first-order valence-corrected chi connectivity index (χ1v) is 7.16. The molecule has 4 nitrogen and oxygen atoms in total. The summed E-state index contributed by atoms with van der Waals surface area (Å²) in [7, 11) is 0. The summed E-state index contributed by atoms with van der Waals surface area (Å²) >= 11 is 0. The Bertz CT molecular complexity index is 265. The molecule has 1 N–H and O–H groups in total. The Balaban J connectivity index is 2.42. The zero-order valence-electron chi connectivity index (χ0n) is 12.3. The molecule has 1 atom stereocenters. The maximum absolute atomic E-state index is 12.2. The molecule has 0 aliphatic carbocycles. The average Bonchev–Trinajstić information content (AvgIpc) is 2.34. The van der Waals surface area contributed by atoms with Crippen LogP contribution in [0.3, 0.4) is 0 Å². The Morgan fingerprint density at radius 2 is 2.11 bits per heavy atom. The van der Waals surface area contributed by atoms with Gasteiger partial charge in [0.15, 0.2) is 0 Å². The van der Waals surface area contributed by atoms with Crippen molar-refractivity contribution < 1.29 is 9.53 Å². The minimum atomic E-state index is -0.137. The van der Waals surface area contributed by atoms with E-state index >= 15 is 0 Å². The summed E-state index contributed by atoms with van der Waals surface area (Å²) in [5.74, 6) is 0.130. The van der Waals surface area contributed by atoms with Crippen LogP contribution in [0.2, 0.25) is 0 Å². The lowest BCUT2D eigenvalue weighted by molar-refractivity contribution is -0.148. The Morgan fingerprint density at radius 1 is 1.44 bits per heavy atom. The highest BCUT2D eigenvalue weighted by molar-refractivity contribution is 5.77. The van der Waals surface area contributed by atoms with Gasteiger partial charge in [-0.3, -0.25) is 4.79 Å². The molecule has 0 aromatic carbocycles. The van der Waals surface area contributed by atoms with Gasteiger partial charge in [0.2, 0.25) is 5.91 Å². The first-order chi connectivity index (χ1) is 8.52. The van der Waals surface area contributed by atoms with Gasteiger partial charge in [-0.05, 0) is 26.7 Å². The highest BCUT2D eigenvalue weighted by atomic mass is 16.5. The number of hydrogen-bond donors (Lipinski definition) is 1. The normalized spacial score (nSPS) is 19.1. The van der Waals surface area contributed by atoms with Crippen molar-refractivity contribution in [2.45, 2.75) is 58.6 Å². The minimum absolute atomic E-state index is 0.130. The van der Waals surface area contributed by atoms with E-state index in [-0.39, 0.29) is 18.1 Å². The van der Waals surface area contributed by atoms with Crippen LogP contribution in [0, 0.1) is 0 Å². The van der Waals surface area contributed by atoms with E-state index in [0.29, 0.717) is 6.04 Å². The van der Waals surface area contributed by atoms with E-state index in [2.05, 4.69) is 33.0 Å². The van der Waals surface area contributed by atoms with Gasteiger partial charge in [0.25, 0.3) is 0 Å². The molecule has 1 amide bonds. The zero-order valence-corrected chi connectivity index (χ0v) is 12.3. The number of ether oxygens (including phenoxy) is 1. The van der Waals surface area contributed by atoms with Gasteiger partial charge in [0, 0.05) is 25.7 Å². The second kappa shape index (κ2) is 7.10. The Hall–Kier alpha value is -0.610. The molecule has 0 radical (unpaired) electrons. The third kappa shape index (κ3) is 4.25. The molecule has 0 aromatic heterocycles. The largest absolute Gasteiger partial charge is 0.363 e. The maximum atomic E-state index is 12.2. The van der Waals surface area contributed by atoms with Gasteiger partial charge in [-0.25, -0.2) is 0 Å². The fraction of sp³-hybridized carbons (Fsp3) is 0.929. The molecular weight excluding hydrogens is 228 g/mol. The molecule has 4 heteroatoms. The van der Waals surface area contributed by atoms with E-state index in [1.165, 1.54) is 0 Å². The molecule has 1 fully saturated rings. The van der Waals surface area contributed by atoms with Gasteiger partial charge < -0.3 is 15.0 Å². The van der Waals surface area contributed by atoms with Crippen molar-refractivity contribution in [3.05, 3.63) is 0 Å². The van der Waals surface area contributed by atoms with Crippen LogP contribution < -0.4 is 5.32 Å². The molecule has 1 saturated heterocycles. The Kier molecular flexibility index (Phi) is 6.09. The summed E-state index contributed by atoms with van der Waals surface area (Å²) in [4.78, 5) is 14.2. The Labute approximate surface area is 111 Å². The number of nitrogens with zero attached hydrogens (tertiary/aromatic N) is 1. The van der Waals surface area contributed by atoms with E-state index in [0.717, 1.165) is 38.9 Å². The first kappa shape index (κ1) is 15.4. The zero-order chi connectivity index (χ0) is 13.6. The fourth-order valence-corrected chi connectivity index (χ4v) is 2.04. The highest BCUT2D eigenvalue weighted by Crippen LogP contribution is 2.16. The van der Waals surface area contributed by atoms with E-state index in [9.17, 15) is 4.79 Å². The average molecular weight is 256 g/mol. The second-order valence-electron chi connectivity index (χ2n) is 5.54. The summed E-state index contributed by atoms with van der Waals surface area (Å²) < 4.78 is 5.73. The Morgan fingerprint density at radius 3 is 2.56 bits per heavy atom. The van der Waals surface area contributed by atoms with Crippen LogP contribution in [0.25, 0.3) is 0 Å². The van der Waals surface area contributed by atoms with Gasteiger partial charge in [-0.2, -0.15) is 0 Å². The number of carbonyl (C=O) groups is 1. The summed E-state index contributed by atoms with van der Waals surface area (Å²) in [6.45, 7) is 11.2. The van der Waals surface area contributed by atoms with Crippen molar-refractivity contribution in [2.75, 3.05) is 26.2 Å². The number of unbranched alkanes of at least 4 members (excludes halogenated alkanes) is 1. The third-order valence-corrected chi connectivity index (χ3v) is 3.74. The minimum Gasteiger partial charge on any atom is -0.363 e. The molecule has 0 saturated carbocycles. The number of amides is 1. The van der Waals surface area contributed by atoms with Crippen LogP contribution in [-0.4, -0.2) is 48.7 Å². The lowest BCUT2D eigenvalue weighted by Gasteiger charge is -2.39. The lowest BCUT2D eigenvalue weighted by Crippen LogP contribution is -2.60. The molecule has 106 valence electrons. The van der Waals surface area contributed by atoms with Gasteiger partial charge in [0.1, 0.15) is 6.61 Å². The van der Waals surface area contributed by atoms with Gasteiger partial charge in [-0.15, -0.1) is 0 Å². The molecule has 1 unspecified atom stereocenters. The van der Waals surface area contributed by atoms with Crippen molar-refractivity contribution in [3.63, 3.8) is 0 Å². The smallest absolute Gasteiger partial charge is 0.248 e. The predicted octanol–water partition coefficient (Wildman–Crippen LogP) is 1.79. The van der Waals surface area contributed by atoms with Crippen LogP contribution >= 0.6 is 0 Å². The third-order valence-electron chi connectivity index (χ3n) is 3.74. The SMILES string of the molecule is CCCCN(C(=O)COC1(C)CNC1)C(C)CC. The standard InChI is InChI=1S/C14H28N2O2/c1-5-7-8-16(12(3)6-2)13(17)9-18-14(4)10-15-11-14/h12,15H,5-11H2,1-4H3. The number of hydrogen-bond acceptors (Lipinski definition) is 3. The summed E-state index contributed by atoms with van der Waals surface area (Å²) in [5, 5.41) is 3.17. The van der Waals surface area contributed by atoms with Crippen LogP contribution in [-0.2, 0) is 9.53 Å². The van der Waals surface area contributed by atoms with Crippen molar-refractivity contribution in [3.8, 4) is 0 Å². The van der Waals surface area contributed by atoms with Crippen LogP contribution in [0.4, 0.5) is 0 Å². The summed E-state index contributed by atoms with van der Waals surface area (Å²) in [5.41, 5.74) is -0.137. The van der Waals surface area contributed by atoms with E-state index < -0.39 is 0 Å². The molecule has 0 aromatic rings. The van der Waals surface area contributed by atoms with E-state index in [1.807, 2.05) is 4.90 Å². The van der Waals surface area contributed by atoms with Crippen molar-refractivity contribution in [2.24, 2.45) is 0 Å². The van der Waals surface area contributed by atoms with Crippen molar-refractivity contribution in [1.82, 2.24) is 10.2 Å². The second-order valence-corrected chi connectivity index (χ2v) is 5.54. The van der Waals surface area contributed by atoms with Gasteiger partial charge >= 0.3 is 0 Å². The van der Waals surface area contributed by atoms with Crippen molar-refractivity contribution >= 4 is 5.91 Å².